The summed E-state index contributed by atoms with van der Waals surface area (Å²) in [5, 5.41) is 7.88. The Hall–Kier alpha value is -2.52. The van der Waals surface area contributed by atoms with Crippen LogP contribution in [0.5, 0.6) is 0 Å². The fourth-order valence-electron chi connectivity index (χ4n) is 2.61. The SMILES string of the molecule is CS(=O)(=O)Cc1nc2ccccc2n1Cc1nc(-c2ccsc2)no1. The van der Waals surface area contributed by atoms with Gasteiger partial charge in [-0.25, -0.2) is 13.4 Å². The van der Waals surface area contributed by atoms with Crippen LogP contribution in [-0.2, 0) is 22.1 Å². The molecule has 0 aliphatic carbocycles. The first-order valence-electron chi connectivity index (χ1n) is 7.46. The van der Waals surface area contributed by atoms with Crippen molar-refractivity contribution in [3.05, 3.63) is 52.8 Å². The van der Waals surface area contributed by atoms with Crippen molar-refractivity contribution in [2.75, 3.05) is 6.26 Å². The van der Waals surface area contributed by atoms with Crippen LogP contribution in [0.25, 0.3) is 22.4 Å². The Labute approximate surface area is 147 Å². The van der Waals surface area contributed by atoms with Gasteiger partial charge in [0.2, 0.25) is 11.7 Å². The van der Waals surface area contributed by atoms with Crippen LogP contribution in [0.4, 0.5) is 0 Å². The molecule has 0 radical (unpaired) electrons. The molecule has 7 nitrogen and oxygen atoms in total. The molecule has 0 aliphatic rings. The lowest BCUT2D eigenvalue weighted by atomic mass is 10.3. The molecular formula is C16H14N4O3S2. The number of benzene rings is 1. The van der Waals surface area contributed by atoms with Gasteiger partial charge in [-0.1, -0.05) is 17.3 Å². The molecule has 128 valence electrons. The van der Waals surface area contributed by atoms with Crippen LogP contribution in [0.2, 0.25) is 0 Å². The third-order valence-corrected chi connectivity index (χ3v) is 5.13. The van der Waals surface area contributed by atoms with Crippen LogP contribution in [0.15, 0.2) is 45.6 Å². The van der Waals surface area contributed by atoms with Crippen molar-refractivity contribution in [3.8, 4) is 11.4 Å². The number of hydrogen-bond acceptors (Lipinski definition) is 7. The summed E-state index contributed by atoms with van der Waals surface area (Å²) >= 11 is 1.56. The second kappa shape index (κ2) is 6.08. The quantitative estimate of drug-likeness (QED) is 0.533. The molecule has 0 aliphatic heterocycles. The summed E-state index contributed by atoms with van der Waals surface area (Å²) in [5.74, 6) is 1.23. The summed E-state index contributed by atoms with van der Waals surface area (Å²) in [4.78, 5) is 8.85. The van der Waals surface area contributed by atoms with E-state index in [2.05, 4.69) is 15.1 Å². The summed E-state index contributed by atoms with van der Waals surface area (Å²) in [6.45, 7) is 0.266. The summed E-state index contributed by atoms with van der Waals surface area (Å²) in [5.41, 5.74) is 2.46. The number of para-hydroxylation sites is 2. The van der Waals surface area contributed by atoms with Gasteiger partial charge in [0.25, 0.3) is 0 Å². The van der Waals surface area contributed by atoms with Gasteiger partial charge >= 0.3 is 0 Å². The Kier molecular flexibility index (Phi) is 3.89. The normalized spacial score (nSPS) is 12.0. The van der Waals surface area contributed by atoms with Crippen LogP contribution in [-0.4, -0.2) is 34.4 Å². The van der Waals surface area contributed by atoms with Crippen molar-refractivity contribution in [3.63, 3.8) is 0 Å². The van der Waals surface area contributed by atoms with Crippen molar-refractivity contribution in [1.82, 2.24) is 19.7 Å². The molecule has 0 spiro atoms. The highest BCUT2D eigenvalue weighted by Crippen LogP contribution is 2.22. The predicted octanol–water partition coefficient (Wildman–Crippen LogP) is 2.74. The molecule has 1 aromatic carbocycles. The van der Waals surface area contributed by atoms with Crippen LogP contribution in [0.3, 0.4) is 0 Å². The number of hydrogen-bond donors (Lipinski definition) is 0. The molecule has 0 bridgehead atoms. The molecule has 9 heteroatoms. The number of thiophene rings is 1. The molecule has 0 saturated heterocycles. The molecule has 4 rings (SSSR count). The number of nitrogens with zero attached hydrogens (tertiary/aromatic N) is 4. The molecule has 3 aromatic heterocycles. The van der Waals surface area contributed by atoms with Crippen LogP contribution in [0.1, 0.15) is 11.7 Å². The topological polar surface area (TPSA) is 90.9 Å². The molecule has 25 heavy (non-hydrogen) atoms. The zero-order valence-corrected chi connectivity index (χ0v) is 14.9. The van der Waals surface area contributed by atoms with Crippen molar-refractivity contribution < 1.29 is 12.9 Å². The highest BCUT2D eigenvalue weighted by molar-refractivity contribution is 7.89. The van der Waals surface area contributed by atoms with Gasteiger partial charge in [-0.3, -0.25) is 0 Å². The van der Waals surface area contributed by atoms with E-state index >= 15 is 0 Å². The van der Waals surface area contributed by atoms with Gasteiger partial charge in [0.15, 0.2) is 9.84 Å². The fourth-order valence-corrected chi connectivity index (χ4v) is 3.93. The molecule has 4 aromatic rings. The second-order valence-corrected chi connectivity index (χ2v) is 8.62. The molecule has 3 heterocycles. The number of imidazole rings is 1. The third kappa shape index (κ3) is 3.33. The minimum absolute atomic E-state index is 0.146. The number of rotatable bonds is 5. The van der Waals surface area contributed by atoms with Gasteiger partial charge in [-0.15, -0.1) is 0 Å². The first-order valence-corrected chi connectivity index (χ1v) is 10.5. The van der Waals surface area contributed by atoms with Crippen LogP contribution < -0.4 is 0 Å². The smallest absolute Gasteiger partial charge is 0.246 e. The summed E-state index contributed by atoms with van der Waals surface area (Å²) in [7, 11) is -3.22. The fraction of sp³-hybridized carbons (Fsp3) is 0.188. The summed E-state index contributed by atoms with van der Waals surface area (Å²) in [6, 6.07) is 9.41. The van der Waals surface area contributed by atoms with Crippen LogP contribution in [0, 0.1) is 0 Å². The first-order chi connectivity index (χ1) is 12.0. The van der Waals surface area contributed by atoms with Crippen molar-refractivity contribution in [2.45, 2.75) is 12.3 Å². The zero-order valence-electron chi connectivity index (χ0n) is 13.3. The van der Waals surface area contributed by atoms with Crippen molar-refractivity contribution in [1.29, 1.82) is 0 Å². The Morgan fingerprint density at radius 1 is 1.20 bits per heavy atom. The Morgan fingerprint density at radius 3 is 2.80 bits per heavy atom. The van der Waals surface area contributed by atoms with E-state index < -0.39 is 9.84 Å². The Bertz CT molecular complexity index is 1130. The van der Waals surface area contributed by atoms with Gasteiger partial charge in [-0.05, 0) is 23.6 Å². The number of aromatic nitrogens is 4. The van der Waals surface area contributed by atoms with Gasteiger partial charge in [-0.2, -0.15) is 16.3 Å². The van der Waals surface area contributed by atoms with E-state index in [0.29, 0.717) is 17.5 Å². The standard InChI is InChI=1S/C16H14N4O3S2/c1-25(21,22)10-14-17-12-4-2-3-5-13(12)20(14)8-15-18-16(19-23-15)11-6-7-24-9-11/h2-7,9H,8,10H2,1H3. The van der Waals surface area contributed by atoms with E-state index in [0.717, 1.165) is 16.6 Å². The van der Waals surface area contributed by atoms with E-state index in [-0.39, 0.29) is 12.3 Å². The van der Waals surface area contributed by atoms with Gasteiger partial charge < -0.3 is 9.09 Å². The number of sulfone groups is 1. The molecule has 0 atom stereocenters. The molecule has 0 saturated carbocycles. The molecule has 0 fully saturated rings. The Balaban J connectivity index is 1.74. The van der Waals surface area contributed by atoms with Gasteiger partial charge in [0.05, 0.1) is 11.0 Å². The maximum Gasteiger partial charge on any atom is 0.246 e. The summed E-state index contributed by atoms with van der Waals surface area (Å²) in [6.07, 6.45) is 1.19. The van der Waals surface area contributed by atoms with E-state index in [9.17, 15) is 8.42 Å². The highest BCUT2D eigenvalue weighted by atomic mass is 32.2. The van der Waals surface area contributed by atoms with Gasteiger partial charge in [0, 0.05) is 17.2 Å². The minimum atomic E-state index is -3.22. The van der Waals surface area contributed by atoms with E-state index in [1.807, 2.05) is 41.1 Å². The van der Waals surface area contributed by atoms with E-state index in [4.69, 9.17) is 4.52 Å². The van der Waals surface area contributed by atoms with Crippen molar-refractivity contribution >= 4 is 32.2 Å². The second-order valence-electron chi connectivity index (χ2n) is 5.70. The predicted molar refractivity (Wildman–Crippen MR) is 95.0 cm³/mol. The third-order valence-electron chi connectivity index (χ3n) is 3.67. The zero-order chi connectivity index (χ0) is 17.4. The van der Waals surface area contributed by atoms with E-state index in [1.54, 1.807) is 15.9 Å². The average Bonchev–Trinajstić information content (AvgIpc) is 3.27. The maximum absolute atomic E-state index is 11.7. The highest BCUT2D eigenvalue weighted by Gasteiger charge is 2.18. The molecule has 0 N–H and O–H groups in total. The Morgan fingerprint density at radius 2 is 2.04 bits per heavy atom. The maximum atomic E-state index is 11.7. The molecule has 0 unspecified atom stereocenters. The largest absolute Gasteiger partial charge is 0.337 e. The summed E-state index contributed by atoms with van der Waals surface area (Å²) < 4.78 is 30.6. The minimum Gasteiger partial charge on any atom is -0.337 e. The lowest BCUT2D eigenvalue weighted by Crippen LogP contribution is -2.10. The molecular weight excluding hydrogens is 360 g/mol. The van der Waals surface area contributed by atoms with Crippen LogP contribution >= 0.6 is 11.3 Å². The lowest BCUT2D eigenvalue weighted by molar-refractivity contribution is 0.371. The monoisotopic (exact) mass is 374 g/mol. The number of fused-ring (bicyclic) bond motifs is 1. The van der Waals surface area contributed by atoms with E-state index in [1.165, 1.54) is 6.26 Å². The van der Waals surface area contributed by atoms with Gasteiger partial charge in [0.1, 0.15) is 18.1 Å². The average molecular weight is 374 g/mol. The lowest BCUT2D eigenvalue weighted by Gasteiger charge is -2.05. The van der Waals surface area contributed by atoms with Crippen molar-refractivity contribution in [2.24, 2.45) is 0 Å². The molecule has 0 amide bonds. The first kappa shape index (κ1) is 16.0.